The Kier molecular flexibility index (Phi) is 5.65. The molecule has 0 saturated carbocycles. The number of sulfonamides is 1. The number of fused-ring (bicyclic) bond motifs is 1. The molecule has 1 aromatic rings. The summed E-state index contributed by atoms with van der Waals surface area (Å²) in [5.41, 5.74) is 1.25. The Bertz CT molecular complexity index is 811. The zero-order valence-corrected chi connectivity index (χ0v) is 16.6. The Morgan fingerprint density at radius 3 is 2.50 bits per heavy atom. The van der Waals surface area contributed by atoms with Gasteiger partial charge in [-0.15, -0.1) is 0 Å². The van der Waals surface area contributed by atoms with E-state index in [2.05, 4.69) is 5.32 Å². The highest BCUT2D eigenvalue weighted by Gasteiger charge is 2.26. The van der Waals surface area contributed by atoms with Crippen LogP contribution in [0.2, 0.25) is 0 Å². The van der Waals surface area contributed by atoms with Gasteiger partial charge in [0.05, 0.1) is 17.5 Å². The molecule has 7 nitrogen and oxygen atoms in total. The van der Waals surface area contributed by atoms with Gasteiger partial charge in [-0.1, -0.05) is 0 Å². The number of rotatable bonds is 4. The van der Waals surface area contributed by atoms with Crippen LogP contribution >= 0.6 is 0 Å². The molecule has 0 unspecified atom stereocenters. The van der Waals surface area contributed by atoms with Crippen molar-refractivity contribution in [1.29, 1.82) is 0 Å². The van der Waals surface area contributed by atoms with E-state index in [1.807, 2.05) is 20.8 Å². The summed E-state index contributed by atoms with van der Waals surface area (Å²) in [5.74, 6) is -0.979. The van der Waals surface area contributed by atoms with E-state index >= 15 is 0 Å². The van der Waals surface area contributed by atoms with Crippen molar-refractivity contribution in [3.05, 3.63) is 29.3 Å². The van der Waals surface area contributed by atoms with E-state index in [1.54, 1.807) is 12.1 Å². The molecule has 2 rings (SSSR count). The summed E-state index contributed by atoms with van der Waals surface area (Å²) in [7, 11) is -3.36. The molecular formula is C18H26N2O5S. The van der Waals surface area contributed by atoms with Gasteiger partial charge in [-0.05, 0) is 64.3 Å². The van der Waals surface area contributed by atoms with Crippen LogP contribution in [0.5, 0.6) is 0 Å². The van der Waals surface area contributed by atoms with E-state index in [0.717, 1.165) is 5.56 Å². The van der Waals surface area contributed by atoms with E-state index in [9.17, 15) is 18.0 Å². The van der Waals surface area contributed by atoms with Crippen LogP contribution in [0.1, 0.15) is 50.0 Å². The van der Waals surface area contributed by atoms with Gasteiger partial charge < -0.3 is 10.1 Å². The van der Waals surface area contributed by atoms with E-state index in [1.165, 1.54) is 23.6 Å². The third-order valence-corrected chi connectivity index (χ3v) is 5.12. The quantitative estimate of drug-likeness (QED) is 0.803. The molecule has 1 aliphatic heterocycles. The number of hydrogen-bond acceptors (Lipinski definition) is 5. The summed E-state index contributed by atoms with van der Waals surface area (Å²) in [4.78, 5) is 24.4. The largest absolute Gasteiger partial charge is 0.449 e. The Morgan fingerprint density at radius 2 is 1.92 bits per heavy atom. The van der Waals surface area contributed by atoms with Gasteiger partial charge in [0.2, 0.25) is 10.0 Å². The normalized spacial score (nSPS) is 15.8. The number of nitrogens with one attached hydrogen (secondary N) is 1. The number of nitrogens with zero attached hydrogens (tertiary/aromatic N) is 1. The second kappa shape index (κ2) is 7.26. The van der Waals surface area contributed by atoms with Gasteiger partial charge in [-0.2, -0.15) is 0 Å². The second-order valence-corrected chi connectivity index (χ2v) is 9.48. The summed E-state index contributed by atoms with van der Waals surface area (Å²) in [6.45, 7) is 7.48. The summed E-state index contributed by atoms with van der Waals surface area (Å²) in [6.07, 6.45) is 1.61. The molecule has 0 bridgehead atoms. The molecule has 0 spiro atoms. The number of benzene rings is 1. The molecule has 0 aliphatic carbocycles. The Labute approximate surface area is 154 Å². The van der Waals surface area contributed by atoms with Crippen molar-refractivity contribution in [1.82, 2.24) is 5.32 Å². The van der Waals surface area contributed by atoms with Gasteiger partial charge in [0.25, 0.3) is 5.91 Å². The maximum atomic E-state index is 12.4. The first kappa shape index (κ1) is 20.2. The van der Waals surface area contributed by atoms with E-state index < -0.39 is 27.6 Å². The molecule has 0 saturated heterocycles. The molecule has 0 fully saturated rings. The summed E-state index contributed by atoms with van der Waals surface area (Å²) in [6, 6.07) is 4.79. The lowest BCUT2D eigenvalue weighted by Crippen LogP contribution is -2.46. The molecular weight excluding hydrogens is 356 g/mol. The molecule has 0 radical (unpaired) electrons. The van der Waals surface area contributed by atoms with Crippen LogP contribution in [0.3, 0.4) is 0 Å². The minimum absolute atomic E-state index is 0.300. The molecule has 1 atom stereocenters. The number of carbonyl (C=O) groups is 2. The number of esters is 1. The lowest BCUT2D eigenvalue weighted by atomic mass is 10.0. The van der Waals surface area contributed by atoms with Gasteiger partial charge in [0.1, 0.15) is 0 Å². The molecule has 26 heavy (non-hydrogen) atoms. The van der Waals surface area contributed by atoms with Crippen LogP contribution in [0.4, 0.5) is 5.69 Å². The molecule has 1 amide bonds. The third kappa shape index (κ3) is 4.97. The highest BCUT2D eigenvalue weighted by Crippen LogP contribution is 2.30. The van der Waals surface area contributed by atoms with Crippen LogP contribution < -0.4 is 9.62 Å². The maximum Gasteiger partial charge on any atom is 0.338 e. The van der Waals surface area contributed by atoms with Crippen molar-refractivity contribution in [2.24, 2.45) is 0 Å². The first-order chi connectivity index (χ1) is 11.9. The molecule has 1 N–H and O–H groups in total. The first-order valence-electron chi connectivity index (χ1n) is 8.52. The third-order valence-electron chi connectivity index (χ3n) is 3.94. The van der Waals surface area contributed by atoms with Crippen LogP contribution in [-0.4, -0.2) is 44.7 Å². The van der Waals surface area contributed by atoms with Crippen molar-refractivity contribution in [2.45, 2.75) is 52.2 Å². The zero-order chi connectivity index (χ0) is 19.7. The fraction of sp³-hybridized carbons (Fsp3) is 0.556. The predicted octanol–water partition coefficient (Wildman–Crippen LogP) is 1.86. The number of ether oxygens (including phenoxy) is 1. The van der Waals surface area contributed by atoms with Gasteiger partial charge in [0.15, 0.2) is 6.10 Å². The zero-order valence-electron chi connectivity index (χ0n) is 15.8. The lowest BCUT2D eigenvalue weighted by Gasteiger charge is -2.29. The smallest absolute Gasteiger partial charge is 0.338 e. The van der Waals surface area contributed by atoms with Crippen molar-refractivity contribution >= 4 is 27.6 Å². The van der Waals surface area contributed by atoms with Crippen molar-refractivity contribution in [3.8, 4) is 0 Å². The van der Waals surface area contributed by atoms with Crippen molar-refractivity contribution < 1.29 is 22.7 Å². The number of carbonyl (C=O) groups excluding carboxylic acids is 2. The number of amides is 1. The van der Waals surface area contributed by atoms with Crippen LogP contribution in [0.15, 0.2) is 18.2 Å². The van der Waals surface area contributed by atoms with Crippen LogP contribution in [0, 0.1) is 0 Å². The first-order valence-corrected chi connectivity index (χ1v) is 10.4. The topological polar surface area (TPSA) is 92.8 Å². The summed E-state index contributed by atoms with van der Waals surface area (Å²) in [5, 5.41) is 2.76. The van der Waals surface area contributed by atoms with E-state index in [0.29, 0.717) is 30.6 Å². The van der Waals surface area contributed by atoms with Gasteiger partial charge >= 0.3 is 5.97 Å². The van der Waals surface area contributed by atoms with Crippen LogP contribution in [0.25, 0.3) is 0 Å². The molecule has 8 heteroatoms. The number of aryl methyl sites for hydroxylation is 1. The van der Waals surface area contributed by atoms with Gasteiger partial charge in [-0.25, -0.2) is 13.2 Å². The molecule has 1 heterocycles. The predicted molar refractivity (Wildman–Crippen MR) is 99.7 cm³/mol. The second-order valence-electron chi connectivity index (χ2n) is 7.57. The average Bonchev–Trinajstić information content (AvgIpc) is 2.51. The number of anilines is 1. The molecule has 1 aromatic carbocycles. The monoisotopic (exact) mass is 382 g/mol. The highest BCUT2D eigenvalue weighted by molar-refractivity contribution is 7.92. The SMILES string of the molecule is C[C@H](OC(=O)c1ccc2c(c1)CCCN2S(C)(=O)=O)C(=O)NC(C)(C)C. The van der Waals surface area contributed by atoms with Crippen molar-refractivity contribution in [2.75, 3.05) is 17.1 Å². The summed E-state index contributed by atoms with van der Waals surface area (Å²) < 4.78 is 30.4. The number of hydrogen-bond donors (Lipinski definition) is 1. The van der Waals surface area contributed by atoms with E-state index in [4.69, 9.17) is 4.74 Å². The Hall–Kier alpha value is -2.09. The fourth-order valence-electron chi connectivity index (χ4n) is 2.79. The van der Waals surface area contributed by atoms with Crippen molar-refractivity contribution in [3.63, 3.8) is 0 Å². The van der Waals surface area contributed by atoms with Gasteiger partial charge in [-0.3, -0.25) is 9.10 Å². The van der Waals surface area contributed by atoms with Gasteiger partial charge in [0, 0.05) is 12.1 Å². The fourth-order valence-corrected chi connectivity index (χ4v) is 3.78. The minimum atomic E-state index is -3.36. The highest BCUT2D eigenvalue weighted by atomic mass is 32.2. The maximum absolute atomic E-state index is 12.4. The Balaban J connectivity index is 2.15. The Morgan fingerprint density at radius 1 is 1.27 bits per heavy atom. The minimum Gasteiger partial charge on any atom is -0.449 e. The average molecular weight is 382 g/mol. The van der Waals surface area contributed by atoms with Crippen LogP contribution in [-0.2, 0) is 26.0 Å². The van der Waals surface area contributed by atoms with E-state index in [-0.39, 0.29) is 5.91 Å². The summed E-state index contributed by atoms with van der Waals surface area (Å²) >= 11 is 0. The molecule has 144 valence electrons. The standard InChI is InChI=1S/C18H26N2O5S/c1-12(16(21)19-18(2,3)4)25-17(22)14-8-9-15-13(11-14)7-6-10-20(15)26(5,23)24/h8-9,11-12H,6-7,10H2,1-5H3,(H,19,21)/t12-/m0/s1. The molecule has 0 aromatic heterocycles. The lowest BCUT2D eigenvalue weighted by molar-refractivity contribution is -0.130. The molecule has 1 aliphatic rings.